The van der Waals surface area contributed by atoms with E-state index in [0.29, 0.717) is 36.4 Å². The summed E-state index contributed by atoms with van der Waals surface area (Å²) in [6, 6.07) is 6.86. The monoisotopic (exact) mass is 430 g/mol. The van der Waals surface area contributed by atoms with E-state index >= 15 is 0 Å². The van der Waals surface area contributed by atoms with Gasteiger partial charge in [0.05, 0.1) is 12.2 Å². The molecule has 166 valence electrons. The van der Waals surface area contributed by atoms with Gasteiger partial charge in [-0.05, 0) is 61.0 Å². The number of rotatable bonds is 6. The first kappa shape index (κ1) is 20.8. The number of nitrogens with one attached hydrogen (secondary N) is 1. The summed E-state index contributed by atoms with van der Waals surface area (Å²) < 4.78 is 1.72. The second-order valence-electron chi connectivity index (χ2n) is 9.16. The van der Waals surface area contributed by atoms with Crippen LogP contribution >= 0.6 is 0 Å². The number of carbonyl (C=O) groups is 1. The summed E-state index contributed by atoms with van der Waals surface area (Å²) in [4.78, 5) is 26.3. The first-order valence-electron chi connectivity index (χ1n) is 11.6. The number of H-pyrrole nitrogens is 1. The quantitative estimate of drug-likeness (QED) is 0.485. The van der Waals surface area contributed by atoms with E-state index in [1.54, 1.807) is 4.52 Å². The van der Waals surface area contributed by atoms with Crippen LogP contribution in [0.5, 0.6) is 0 Å². The fraction of sp³-hybridized carbons (Fsp3) is 0.440. The van der Waals surface area contributed by atoms with Crippen LogP contribution in [0.4, 0.5) is 0 Å². The zero-order valence-corrected chi connectivity index (χ0v) is 19.0. The Morgan fingerprint density at radius 2 is 2.03 bits per heavy atom. The van der Waals surface area contributed by atoms with E-state index in [2.05, 4.69) is 57.0 Å². The zero-order chi connectivity index (χ0) is 22.2. The molecule has 1 aromatic carbocycles. The van der Waals surface area contributed by atoms with Gasteiger partial charge in [-0.15, -0.1) is 0 Å². The van der Waals surface area contributed by atoms with Crippen LogP contribution in [-0.4, -0.2) is 54.9 Å². The van der Waals surface area contributed by atoms with E-state index in [9.17, 15) is 4.79 Å². The Bertz CT molecular complexity index is 1260. The van der Waals surface area contributed by atoms with Crippen molar-refractivity contribution >= 4 is 22.5 Å². The number of hydrogen-bond donors (Lipinski definition) is 1. The van der Waals surface area contributed by atoms with Gasteiger partial charge in [0.15, 0.2) is 0 Å². The molecule has 4 aromatic rings. The largest absolute Gasteiger partial charge is 0.354 e. The minimum atomic E-state index is 0.338. The molecule has 1 aliphatic rings. The smallest absolute Gasteiger partial charge is 0.252 e. The summed E-state index contributed by atoms with van der Waals surface area (Å²) in [5, 5.41) is 5.53. The number of nitrogens with zero attached hydrogens (tertiary/aromatic N) is 5. The van der Waals surface area contributed by atoms with Crippen molar-refractivity contribution in [2.24, 2.45) is 0 Å². The van der Waals surface area contributed by atoms with Crippen molar-refractivity contribution in [3.8, 4) is 11.3 Å². The molecule has 1 aliphatic heterocycles. The molecule has 1 fully saturated rings. The Kier molecular flexibility index (Phi) is 5.51. The van der Waals surface area contributed by atoms with E-state index in [-0.39, 0.29) is 0 Å². The van der Waals surface area contributed by atoms with Crippen molar-refractivity contribution < 1.29 is 4.79 Å². The molecule has 0 aliphatic carbocycles. The Labute approximate surface area is 187 Å². The van der Waals surface area contributed by atoms with Gasteiger partial charge in [-0.3, -0.25) is 9.69 Å². The number of Topliss-reactive ketones (excluding diaryl/α,β-unsaturated/α-hetero) is 1. The predicted molar refractivity (Wildman–Crippen MR) is 126 cm³/mol. The molecule has 0 atom stereocenters. The second-order valence-corrected chi connectivity index (χ2v) is 9.16. The summed E-state index contributed by atoms with van der Waals surface area (Å²) in [6.07, 6.45) is 8.21. The van der Waals surface area contributed by atoms with E-state index in [1.165, 1.54) is 22.8 Å². The van der Waals surface area contributed by atoms with Crippen LogP contribution in [0.15, 0.2) is 36.9 Å². The SMILES string of the molecule is CCC(=O)CN1CCC(c2ccc3[nH]c(-c4cnc5ncnn5c4)c(C(C)C)c3c2)CC1. The van der Waals surface area contributed by atoms with Crippen LogP contribution in [0.1, 0.15) is 63.0 Å². The van der Waals surface area contributed by atoms with Crippen molar-refractivity contribution in [2.75, 3.05) is 19.6 Å². The third-order valence-electron chi connectivity index (χ3n) is 6.72. The topological polar surface area (TPSA) is 79.2 Å². The standard InChI is InChI=1S/C25H30N6O/c1-4-20(32)14-30-9-7-17(8-10-30)18-5-6-22-21(11-18)23(16(2)3)24(29-22)19-12-26-25-27-15-28-31(25)13-19/h5-6,11-13,15-17,29H,4,7-10,14H2,1-3H3. The van der Waals surface area contributed by atoms with Crippen LogP contribution in [-0.2, 0) is 4.79 Å². The Balaban J connectivity index is 1.46. The molecule has 3 aromatic heterocycles. The van der Waals surface area contributed by atoms with Crippen LogP contribution in [0.25, 0.3) is 27.9 Å². The number of fused-ring (bicyclic) bond motifs is 2. The van der Waals surface area contributed by atoms with Gasteiger partial charge < -0.3 is 4.98 Å². The number of hydrogen-bond acceptors (Lipinski definition) is 5. The van der Waals surface area contributed by atoms with Gasteiger partial charge in [-0.1, -0.05) is 26.8 Å². The Morgan fingerprint density at radius 1 is 1.22 bits per heavy atom. The molecule has 0 unspecified atom stereocenters. The normalized spacial score (nSPS) is 15.9. The van der Waals surface area contributed by atoms with Crippen molar-refractivity contribution in [3.05, 3.63) is 48.0 Å². The molecule has 0 spiro atoms. The fourth-order valence-corrected chi connectivity index (χ4v) is 4.95. The zero-order valence-electron chi connectivity index (χ0n) is 19.0. The lowest BCUT2D eigenvalue weighted by molar-refractivity contribution is -0.120. The number of aromatic amines is 1. The van der Waals surface area contributed by atoms with E-state index in [4.69, 9.17) is 0 Å². The molecule has 5 rings (SSSR count). The molecule has 0 radical (unpaired) electrons. The number of piperidine rings is 1. The van der Waals surface area contributed by atoms with Crippen LogP contribution in [0.2, 0.25) is 0 Å². The van der Waals surface area contributed by atoms with Gasteiger partial charge in [0.2, 0.25) is 0 Å². The van der Waals surface area contributed by atoms with Gasteiger partial charge in [0.1, 0.15) is 12.1 Å². The first-order chi connectivity index (χ1) is 15.5. The average Bonchev–Trinajstić information content (AvgIpc) is 3.42. The number of benzene rings is 1. The highest BCUT2D eigenvalue weighted by Gasteiger charge is 2.23. The van der Waals surface area contributed by atoms with Crippen molar-refractivity contribution in [3.63, 3.8) is 0 Å². The highest BCUT2D eigenvalue weighted by atomic mass is 16.1. The van der Waals surface area contributed by atoms with Crippen LogP contribution in [0, 0.1) is 0 Å². The molecule has 1 N–H and O–H groups in total. The van der Waals surface area contributed by atoms with Crippen molar-refractivity contribution in [1.82, 2.24) is 29.5 Å². The Hall–Kier alpha value is -3.06. The van der Waals surface area contributed by atoms with E-state index in [1.807, 2.05) is 19.3 Å². The number of aromatic nitrogens is 5. The molecular weight excluding hydrogens is 400 g/mol. The summed E-state index contributed by atoms with van der Waals surface area (Å²) in [6.45, 7) is 9.01. The highest BCUT2D eigenvalue weighted by Crippen LogP contribution is 2.38. The lowest BCUT2D eigenvalue weighted by Crippen LogP contribution is -2.36. The van der Waals surface area contributed by atoms with Gasteiger partial charge in [-0.2, -0.15) is 10.1 Å². The number of ketones is 1. The van der Waals surface area contributed by atoms with Gasteiger partial charge in [0, 0.05) is 35.3 Å². The fourth-order valence-electron chi connectivity index (χ4n) is 4.95. The minimum absolute atomic E-state index is 0.338. The maximum absolute atomic E-state index is 11.8. The number of carbonyl (C=O) groups excluding carboxylic acids is 1. The summed E-state index contributed by atoms with van der Waals surface area (Å²) >= 11 is 0. The maximum atomic E-state index is 11.8. The van der Waals surface area contributed by atoms with Gasteiger partial charge >= 0.3 is 0 Å². The average molecular weight is 431 g/mol. The first-order valence-corrected chi connectivity index (χ1v) is 11.6. The maximum Gasteiger partial charge on any atom is 0.252 e. The summed E-state index contributed by atoms with van der Waals surface area (Å²) in [7, 11) is 0. The summed E-state index contributed by atoms with van der Waals surface area (Å²) in [5.74, 6) is 1.84. The molecule has 0 bridgehead atoms. The predicted octanol–water partition coefficient (Wildman–Crippen LogP) is 4.55. The van der Waals surface area contributed by atoms with Crippen LogP contribution < -0.4 is 0 Å². The number of likely N-dealkylation sites (tertiary alicyclic amines) is 1. The molecular formula is C25H30N6O. The molecule has 1 saturated heterocycles. The van der Waals surface area contributed by atoms with Gasteiger partial charge in [-0.25, -0.2) is 9.50 Å². The summed E-state index contributed by atoms with van der Waals surface area (Å²) in [5.41, 5.74) is 5.98. The third kappa shape index (κ3) is 3.81. The third-order valence-corrected chi connectivity index (χ3v) is 6.72. The minimum Gasteiger partial charge on any atom is -0.354 e. The Morgan fingerprint density at radius 3 is 2.78 bits per heavy atom. The van der Waals surface area contributed by atoms with E-state index < -0.39 is 0 Å². The van der Waals surface area contributed by atoms with Gasteiger partial charge in [0.25, 0.3) is 5.78 Å². The van der Waals surface area contributed by atoms with Crippen LogP contribution in [0.3, 0.4) is 0 Å². The molecule has 0 amide bonds. The molecule has 7 heteroatoms. The molecule has 32 heavy (non-hydrogen) atoms. The van der Waals surface area contributed by atoms with Crippen molar-refractivity contribution in [2.45, 2.75) is 51.9 Å². The second kappa shape index (κ2) is 8.47. The van der Waals surface area contributed by atoms with Crippen molar-refractivity contribution in [1.29, 1.82) is 0 Å². The molecule has 4 heterocycles. The van der Waals surface area contributed by atoms with E-state index in [0.717, 1.165) is 42.7 Å². The molecule has 0 saturated carbocycles. The lowest BCUT2D eigenvalue weighted by Gasteiger charge is -2.31. The lowest BCUT2D eigenvalue weighted by atomic mass is 9.87. The highest BCUT2D eigenvalue weighted by molar-refractivity contribution is 5.91. The molecule has 7 nitrogen and oxygen atoms in total.